The van der Waals surface area contributed by atoms with Gasteiger partial charge in [-0.25, -0.2) is 8.78 Å². The highest BCUT2D eigenvalue weighted by molar-refractivity contribution is 5.92. The van der Waals surface area contributed by atoms with Crippen LogP contribution in [0.1, 0.15) is 43.7 Å². The van der Waals surface area contributed by atoms with Gasteiger partial charge in [0, 0.05) is 13.1 Å². The first-order valence-electron chi connectivity index (χ1n) is 10.0. The van der Waals surface area contributed by atoms with Crippen LogP contribution in [0.15, 0.2) is 48.5 Å². The first kappa shape index (κ1) is 21.0. The van der Waals surface area contributed by atoms with Gasteiger partial charge in [-0.15, -0.1) is 0 Å². The van der Waals surface area contributed by atoms with Crippen LogP contribution in [0.4, 0.5) is 8.78 Å². The molecule has 0 unspecified atom stereocenters. The topological polar surface area (TPSA) is 49.4 Å². The van der Waals surface area contributed by atoms with E-state index in [1.54, 1.807) is 24.3 Å². The summed E-state index contributed by atoms with van der Waals surface area (Å²) in [4.78, 5) is 27.4. The molecule has 0 spiro atoms. The highest BCUT2D eigenvalue weighted by Crippen LogP contribution is 2.42. The Hall–Kier alpha value is -2.76. The van der Waals surface area contributed by atoms with E-state index in [0.29, 0.717) is 24.9 Å². The highest BCUT2D eigenvalue weighted by atomic mass is 19.1. The monoisotopic (exact) mass is 400 g/mol. The van der Waals surface area contributed by atoms with E-state index < -0.39 is 5.41 Å². The minimum atomic E-state index is -0.769. The fourth-order valence-corrected chi connectivity index (χ4v) is 4.05. The van der Waals surface area contributed by atoms with Gasteiger partial charge in [-0.05, 0) is 55.2 Å². The van der Waals surface area contributed by atoms with Crippen molar-refractivity contribution in [3.63, 3.8) is 0 Å². The molecule has 1 aliphatic rings. The van der Waals surface area contributed by atoms with Gasteiger partial charge in [0.1, 0.15) is 11.6 Å². The van der Waals surface area contributed by atoms with Crippen molar-refractivity contribution in [2.75, 3.05) is 13.1 Å². The zero-order valence-electron chi connectivity index (χ0n) is 16.6. The smallest absolute Gasteiger partial charge is 0.239 e. The Morgan fingerprint density at radius 2 is 1.72 bits per heavy atom. The van der Waals surface area contributed by atoms with Gasteiger partial charge >= 0.3 is 0 Å². The van der Waals surface area contributed by atoms with E-state index in [9.17, 15) is 18.4 Å². The fourth-order valence-electron chi connectivity index (χ4n) is 4.05. The molecule has 2 aromatic rings. The summed E-state index contributed by atoms with van der Waals surface area (Å²) < 4.78 is 26.8. The lowest BCUT2D eigenvalue weighted by Crippen LogP contribution is -2.49. The number of halogens is 2. The van der Waals surface area contributed by atoms with Crippen molar-refractivity contribution >= 4 is 11.8 Å². The maximum Gasteiger partial charge on any atom is 0.239 e. The molecule has 4 nitrogen and oxygen atoms in total. The fraction of sp³-hybridized carbons (Fsp3) is 0.391. The van der Waals surface area contributed by atoms with Crippen molar-refractivity contribution in [1.29, 1.82) is 0 Å². The lowest BCUT2D eigenvalue weighted by molar-refractivity contribution is -0.140. The van der Waals surface area contributed by atoms with Crippen molar-refractivity contribution in [1.82, 2.24) is 10.2 Å². The van der Waals surface area contributed by atoms with Crippen LogP contribution < -0.4 is 5.32 Å². The summed E-state index contributed by atoms with van der Waals surface area (Å²) >= 11 is 0. The van der Waals surface area contributed by atoms with Crippen molar-refractivity contribution in [2.45, 2.75) is 44.6 Å². The number of carbonyl (C=O) groups is 2. The average molecular weight is 400 g/mol. The van der Waals surface area contributed by atoms with Crippen LogP contribution in [0, 0.1) is 11.6 Å². The number of rotatable bonds is 7. The number of hydrogen-bond acceptors (Lipinski definition) is 2. The molecule has 0 saturated heterocycles. The highest BCUT2D eigenvalue weighted by Gasteiger charge is 2.45. The van der Waals surface area contributed by atoms with Gasteiger partial charge in [-0.2, -0.15) is 0 Å². The Morgan fingerprint density at radius 1 is 1.03 bits per heavy atom. The lowest BCUT2D eigenvalue weighted by Gasteiger charge is -2.34. The quantitative estimate of drug-likeness (QED) is 0.765. The van der Waals surface area contributed by atoms with Crippen LogP contribution in [0.2, 0.25) is 0 Å². The molecule has 0 radical (unpaired) electrons. The summed E-state index contributed by atoms with van der Waals surface area (Å²) in [6.45, 7) is 2.42. The molecule has 0 aromatic heterocycles. The third kappa shape index (κ3) is 4.81. The van der Waals surface area contributed by atoms with Crippen LogP contribution in [-0.2, 0) is 21.5 Å². The van der Waals surface area contributed by atoms with E-state index in [4.69, 9.17) is 0 Å². The zero-order chi connectivity index (χ0) is 20.9. The number of hydrogen-bond donors (Lipinski definition) is 1. The largest absolute Gasteiger partial charge is 0.350 e. The Balaban J connectivity index is 1.69. The summed E-state index contributed by atoms with van der Waals surface area (Å²) in [5, 5.41) is 2.77. The molecule has 3 rings (SSSR count). The summed E-state index contributed by atoms with van der Waals surface area (Å²) in [6, 6.07) is 12.1. The van der Waals surface area contributed by atoms with Crippen molar-refractivity contribution in [2.24, 2.45) is 0 Å². The molecule has 0 aliphatic heterocycles. The maximum absolute atomic E-state index is 13.8. The second-order valence-corrected chi connectivity index (χ2v) is 7.52. The predicted octanol–water partition coefficient (Wildman–Crippen LogP) is 3.94. The van der Waals surface area contributed by atoms with E-state index in [1.807, 2.05) is 6.92 Å². The number of carbonyl (C=O) groups excluding carboxylic acids is 2. The summed E-state index contributed by atoms with van der Waals surface area (Å²) in [5.74, 6) is -1.10. The Bertz CT molecular complexity index is 861. The summed E-state index contributed by atoms with van der Waals surface area (Å²) in [5.41, 5.74) is 0.696. The molecule has 1 fully saturated rings. The first-order chi connectivity index (χ1) is 13.9. The normalized spacial score (nSPS) is 15.1. The van der Waals surface area contributed by atoms with E-state index in [1.165, 1.54) is 29.2 Å². The van der Waals surface area contributed by atoms with Crippen molar-refractivity contribution < 1.29 is 18.4 Å². The maximum atomic E-state index is 13.8. The lowest BCUT2D eigenvalue weighted by atomic mass is 9.77. The van der Waals surface area contributed by atoms with Crippen molar-refractivity contribution in [3.8, 4) is 0 Å². The minimum absolute atomic E-state index is 0.0619. The van der Waals surface area contributed by atoms with Crippen LogP contribution >= 0.6 is 0 Å². The molecule has 0 heterocycles. The number of nitrogens with zero attached hydrogens (tertiary/aromatic N) is 1. The van der Waals surface area contributed by atoms with E-state index in [-0.39, 0.29) is 36.5 Å². The van der Waals surface area contributed by atoms with E-state index >= 15 is 0 Å². The zero-order valence-corrected chi connectivity index (χ0v) is 16.6. The number of benzene rings is 2. The molecule has 154 valence electrons. The van der Waals surface area contributed by atoms with Gasteiger partial charge in [-0.1, -0.05) is 37.1 Å². The summed E-state index contributed by atoms with van der Waals surface area (Å²) in [7, 11) is 0. The molecule has 2 aromatic carbocycles. The summed E-state index contributed by atoms with van der Waals surface area (Å²) in [6.07, 6.45) is 3.11. The van der Waals surface area contributed by atoms with Crippen LogP contribution in [0.5, 0.6) is 0 Å². The molecule has 29 heavy (non-hydrogen) atoms. The standard InChI is InChI=1S/C23H26F2N2O2/c1-2-27(16-21(28)26-15-17-8-10-19(24)11-9-17)22(29)23(12-3-4-13-23)18-6-5-7-20(25)14-18/h5-11,14H,2-4,12-13,15-16H2,1H3,(H,26,28). The van der Waals surface area contributed by atoms with Gasteiger partial charge < -0.3 is 10.2 Å². The van der Waals surface area contributed by atoms with Gasteiger partial charge in [0.2, 0.25) is 11.8 Å². The Labute approximate surface area is 169 Å². The van der Waals surface area contributed by atoms with Gasteiger partial charge in [-0.3, -0.25) is 9.59 Å². The third-order valence-electron chi connectivity index (χ3n) is 5.65. The number of likely N-dealkylation sites (N-methyl/N-ethyl adjacent to an activating group) is 1. The third-order valence-corrected chi connectivity index (χ3v) is 5.65. The molecule has 6 heteroatoms. The Morgan fingerprint density at radius 3 is 2.34 bits per heavy atom. The first-order valence-corrected chi connectivity index (χ1v) is 10.0. The Kier molecular flexibility index (Phi) is 6.62. The van der Waals surface area contributed by atoms with Crippen LogP contribution in [-0.4, -0.2) is 29.8 Å². The number of nitrogens with one attached hydrogen (secondary N) is 1. The molecule has 1 aliphatic carbocycles. The average Bonchev–Trinajstić information content (AvgIpc) is 3.22. The SMILES string of the molecule is CCN(CC(=O)NCc1ccc(F)cc1)C(=O)C1(c2cccc(F)c2)CCCC1. The predicted molar refractivity (Wildman–Crippen MR) is 107 cm³/mol. The number of amides is 2. The van der Waals surface area contributed by atoms with Gasteiger partial charge in [0.15, 0.2) is 0 Å². The van der Waals surface area contributed by atoms with Crippen LogP contribution in [0.3, 0.4) is 0 Å². The molecule has 1 N–H and O–H groups in total. The second kappa shape index (κ2) is 9.16. The molecule has 0 atom stereocenters. The molecular formula is C23H26F2N2O2. The molecule has 0 bridgehead atoms. The molecular weight excluding hydrogens is 374 g/mol. The van der Waals surface area contributed by atoms with Crippen molar-refractivity contribution in [3.05, 3.63) is 71.3 Å². The second-order valence-electron chi connectivity index (χ2n) is 7.52. The van der Waals surface area contributed by atoms with E-state index in [0.717, 1.165) is 18.4 Å². The van der Waals surface area contributed by atoms with Gasteiger partial charge in [0.25, 0.3) is 0 Å². The van der Waals surface area contributed by atoms with E-state index in [2.05, 4.69) is 5.32 Å². The van der Waals surface area contributed by atoms with Gasteiger partial charge in [0.05, 0.1) is 12.0 Å². The molecule has 2 amide bonds. The molecule has 1 saturated carbocycles. The van der Waals surface area contributed by atoms with Crippen LogP contribution in [0.25, 0.3) is 0 Å². The minimum Gasteiger partial charge on any atom is -0.350 e.